The Morgan fingerprint density at radius 1 is 1.38 bits per heavy atom. The Hall–Kier alpha value is -2.67. The molecule has 7 nitrogen and oxygen atoms in total. The van der Waals surface area contributed by atoms with Gasteiger partial charge in [-0.25, -0.2) is 0 Å². The van der Waals surface area contributed by atoms with Gasteiger partial charge in [0.1, 0.15) is 0 Å². The lowest BCUT2D eigenvalue weighted by Crippen LogP contribution is -2.34. The fraction of sp³-hybridized carbons (Fsp3) is 0.214. The van der Waals surface area contributed by atoms with Crippen LogP contribution in [0.3, 0.4) is 0 Å². The van der Waals surface area contributed by atoms with Gasteiger partial charge in [0.25, 0.3) is 0 Å². The van der Waals surface area contributed by atoms with Gasteiger partial charge in [0.2, 0.25) is 5.91 Å². The van der Waals surface area contributed by atoms with Crippen LogP contribution < -0.4 is 10.2 Å². The zero-order chi connectivity index (χ0) is 14.8. The quantitative estimate of drug-likeness (QED) is 0.670. The van der Waals surface area contributed by atoms with Gasteiger partial charge in [-0.05, 0) is 24.7 Å². The van der Waals surface area contributed by atoms with Gasteiger partial charge in [0, 0.05) is 24.2 Å². The number of H-pyrrole nitrogens is 2. The van der Waals surface area contributed by atoms with E-state index in [0.29, 0.717) is 5.82 Å². The van der Waals surface area contributed by atoms with Gasteiger partial charge in [-0.1, -0.05) is 6.07 Å². The third-order valence-electron chi connectivity index (χ3n) is 3.39. The first kappa shape index (κ1) is 13.3. The first-order chi connectivity index (χ1) is 10.2. The molecule has 0 bridgehead atoms. The van der Waals surface area contributed by atoms with Crippen LogP contribution in [0, 0.1) is 0 Å². The van der Waals surface area contributed by atoms with E-state index in [1.165, 1.54) is 0 Å². The molecular weight excluding hydrogens is 268 g/mol. The number of carbonyl (C=O) groups excluding carboxylic acids is 1. The molecule has 2 heterocycles. The normalized spacial score (nSPS) is 11.0. The maximum Gasteiger partial charge on any atom is 0.241 e. The zero-order valence-electron chi connectivity index (χ0n) is 11.8. The Bertz CT molecular complexity index is 761. The molecule has 0 aliphatic heterocycles. The van der Waals surface area contributed by atoms with Crippen molar-refractivity contribution in [3.05, 3.63) is 30.6 Å². The monoisotopic (exact) mass is 284 g/mol. The highest BCUT2D eigenvalue weighted by molar-refractivity contribution is 6.02. The number of rotatable bonds is 4. The van der Waals surface area contributed by atoms with Crippen LogP contribution in [0.1, 0.15) is 0 Å². The molecule has 0 aliphatic rings. The van der Waals surface area contributed by atoms with E-state index in [2.05, 4.69) is 25.7 Å². The molecule has 108 valence electrons. The molecule has 0 aliphatic carbocycles. The molecular formula is C14H16N6O. The number of nitrogens with one attached hydrogen (secondary N) is 3. The lowest BCUT2D eigenvalue weighted by Gasteiger charge is -2.14. The zero-order valence-corrected chi connectivity index (χ0v) is 11.8. The molecule has 0 fully saturated rings. The molecule has 21 heavy (non-hydrogen) atoms. The van der Waals surface area contributed by atoms with Crippen molar-refractivity contribution in [1.29, 1.82) is 0 Å². The molecule has 7 heteroatoms. The molecule has 0 saturated carbocycles. The third kappa shape index (κ3) is 2.38. The number of fused-ring (bicyclic) bond motifs is 1. The average molecular weight is 284 g/mol. The maximum absolute atomic E-state index is 12.0. The SMILES string of the molecule is CNCC(=O)N(C)c1n[nH]c2ccc(-c3cn[nH]c3)cc12. The summed E-state index contributed by atoms with van der Waals surface area (Å²) in [4.78, 5) is 13.5. The molecule has 1 amide bonds. The summed E-state index contributed by atoms with van der Waals surface area (Å²) < 4.78 is 0. The predicted molar refractivity (Wildman–Crippen MR) is 81.0 cm³/mol. The number of hydrogen-bond acceptors (Lipinski definition) is 4. The lowest BCUT2D eigenvalue weighted by atomic mass is 10.1. The van der Waals surface area contributed by atoms with Gasteiger partial charge < -0.3 is 5.32 Å². The first-order valence-electron chi connectivity index (χ1n) is 6.59. The van der Waals surface area contributed by atoms with Crippen molar-refractivity contribution in [2.45, 2.75) is 0 Å². The fourth-order valence-corrected chi connectivity index (χ4v) is 2.23. The smallest absolute Gasteiger partial charge is 0.241 e. The van der Waals surface area contributed by atoms with Crippen LogP contribution in [-0.2, 0) is 4.79 Å². The molecule has 0 saturated heterocycles. The topological polar surface area (TPSA) is 89.7 Å². The van der Waals surface area contributed by atoms with Crippen molar-refractivity contribution in [3.63, 3.8) is 0 Å². The van der Waals surface area contributed by atoms with Gasteiger partial charge in [-0.15, -0.1) is 0 Å². The Labute approximate surface area is 121 Å². The molecule has 2 aromatic heterocycles. The Balaban J connectivity index is 2.04. The Morgan fingerprint density at radius 3 is 2.95 bits per heavy atom. The van der Waals surface area contributed by atoms with Crippen LogP contribution in [0.4, 0.5) is 5.82 Å². The van der Waals surface area contributed by atoms with Gasteiger partial charge >= 0.3 is 0 Å². The number of likely N-dealkylation sites (N-methyl/N-ethyl adjacent to an activating group) is 2. The summed E-state index contributed by atoms with van der Waals surface area (Å²) in [5.41, 5.74) is 2.91. The minimum atomic E-state index is -0.0420. The number of benzene rings is 1. The second kappa shape index (κ2) is 5.37. The van der Waals surface area contributed by atoms with Crippen LogP contribution in [-0.4, -0.2) is 46.9 Å². The van der Waals surface area contributed by atoms with Crippen molar-refractivity contribution in [1.82, 2.24) is 25.7 Å². The van der Waals surface area contributed by atoms with E-state index in [-0.39, 0.29) is 12.5 Å². The van der Waals surface area contributed by atoms with Crippen molar-refractivity contribution in [2.75, 3.05) is 25.5 Å². The molecule has 1 aromatic carbocycles. The van der Waals surface area contributed by atoms with Crippen LogP contribution in [0.5, 0.6) is 0 Å². The minimum Gasteiger partial charge on any atom is -0.311 e. The van der Waals surface area contributed by atoms with Crippen LogP contribution in [0.2, 0.25) is 0 Å². The van der Waals surface area contributed by atoms with Crippen LogP contribution >= 0.6 is 0 Å². The van der Waals surface area contributed by atoms with Crippen molar-refractivity contribution in [2.24, 2.45) is 0 Å². The second-order valence-electron chi connectivity index (χ2n) is 4.78. The number of hydrogen-bond donors (Lipinski definition) is 3. The van der Waals surface area contributed by atoms with E-state index < -0.39 is 0 Å². The van der Waals surface area contributed by atoms with Crippen molar-refractivity contribution >= 4 is 22.6 Å². The van der Waals surface area contributed by atoms with Gasteiger partial charge in [0.05, 0.1) is 18.3 Å². The lowest BCUT2D eigenvalue weighted by molar-refractivity contribution is -0.117. The van der Waals surface area contributed by atoms with Gasteiger partial charge in [-0.3, -0.25) is 19.9 Å². The number of amides is 1. The largest absolute Gasteiger partial charge is 0.311 e. The van der Waals surface area contributed by atoms with E-state index in [9.17, 15) is 4.79 Å². The standard InChI is InChI=1S/C14H16N6O/c1-15-8-13(21)20(2)14-11-5-9(10-6-16-17-7-10)3-4-12(11)18-19-14/h3-7,15H,8H2,1-2H3,(H,16,17)(H,18,19). The first-order valence-corrected chi connectivity index (χ1v) is 6.59. The highest BCUT2D eigenvalue weighted by Crippen LogP contribution is 2.28. The molecule has 0 spiro atoms. The summed E-state index contributed by atoms with van der Waals surface area (Å²) in [6.07, 6.45) is 3.59. The number of aromatic amines is 2. The molecule has 3 rings (SSSR count). The molecule has 3 aromatic rings. The third-order valence-corrected chi connectivity index (χ3v) is 3.39. The van der Waals surface area contributed by atoms with Gasteiger partial charge in [-0.2, -0.15) is 10.2 Å². The van der Waals surface area contributed by atoms with Crippen molar-refractivity contribution < 1.29 is 4.79 Å². The highest BCUT2D eigenvalue weighted by atomic mass is 16.2. The highest BCUT2D eigenvalue weighted by Gasteiger charge is 2.16. The summed E-state index contributed by atoms with van der Waals surface area (Å²) in [6, 6.07) is 5.94. The Morgan fingerprint density at radius 2 is 2.24 bits per heavy atom. The maximum atomic E-state index is 12.0. The summed E-state index contributed by atoms with van der Waals surface area (Å²) in [6.45, 7) is 0.270. The van der Waals surface area contributed by atoms with E-state index >= 15 is 0 Å². The van der Waals surface area contributed by atoms with Crippen LogP contribution in [0.15, 0.2) is 30.6 Å². The van der Waals surface area contributed by atoms with Gasteiger partial charge in [0.15, 0.2) is 5.82 Å². The molecule has 0 atom stereocenters. The summed E-state index contributed by atoms with van der Waals surface area (Å²) >= 11 is 0. The number of carbonyl (C=O) groups is 1. The fourth-order valence-electron chi connectivity index (χ4n) is 2.23. The van der Waals surface area contributed by atoms with Crippen LogP contribution in [0.25, 0.3) is 22.0 Å². The van der Waals surface area contributed by atoms with E-state index in [1.807, 2.05) is 24.4 Å². The average Bonchev–Trinajstić information content (AvgIpc) is 3.15. The number of aromatic nitrogens is 4. The minimum absolute atomic E-state index is 0.0420. The summed E-state index contributed by atoms with van der Waals surface area (Å²) in [7, 11) is 3.46. The molecule has 3 N–H and O–H groups in total. The predicted octanol–water partition coefficient (Wildman–Crippen LogP) is 1.14. The Kier molecular flexibility index (Phi) is 3.41. The summed E-state index contributed by atoms with van der Waals surface area (Å²) in [5, 5.41) is 17.7. The van der Waals surface area contributed by atoms with E-state index in [1.54, 1.807) is 25.2 Å². The van der Waals surface area contributed by atoms with E-state index in [0.717, 1.165) is 22.0 Å². The van der Waals surface area contributed by atoms with E-state index in [4.69, 9.17) is 0 Å². The molecule has 0 radical (unpaired) electrons. The number of nitrogens with zero attached hydrogens (tertiary/aromatic N) is 3. The molecule has 0 unspecified atom stereocenters. The number of anilines is 1. The second-order valence-corrected chi connectivity index (χ2v) is 4.78. The summed E-state index contributed by atoms with van der Waals surface area (Å²) in [5.74, 6) is 0.579. The van der Waals surface area contributed by atoms with Crippen molar-refractivity contribution in [3.8, 4) is 11.1 Å².